The van der Waals surface area contributed by atoms with Gasteiger partial charge in [0.05, 0.1) is 0 Å². The molecule has 0 heterocycles. The summed E-state index contributed by atoms with van der Waals surface area (Å²) in [7, 11) is 0. The second-order valence-electron chi connectivity index (χ2n) is 4.02. The molecule has 2 aromatic carbocycles. The van der Waals surface area contributed by atoms with Gasteiger partial charge >= 0.3 is 0 Å². The average molecular weight is 330 g/mol. The van der Waals surface area contributed by atoms with Crippen molar-refractivity contribution in [3.63, 3.8) is 0 Å². The Hall–Kier alpha value is -0.900. The molecule has 0 saturated heterocycles. The Morgan fingerprint density at radius 2 is 1.94 bits per heavy atom. The molecule has 0 amide bonds. The van der Waals surface area contributed by atoms with Crippen LogP contribution in [0.4, 0.5) is 4.39 Å². The summed E-state index contributed by atoms with van der Waals surface area (Å²) in [5.41, 5.74) is 1.99. The molecule has 0 aliphatic rings. The third-order valence-corrected chi connectivity index (χ3v) is 4.06. The van der Waals surface area contributed by atoms with Gasteiger partial charge in [0, 0.05) is 15.1 Å². The van der Waals surface area contributed by atoms with Crippen molar-refractivity contribution in [1.29, 1.82) is 0 Å². The summed E-state index contributed by atoms with van der Waals surface area (Å²) in [5.74, 6) is -0.416. The van der Waals surface area contributed by atoms with Crippen LogP contribution in [0, 0.1) is 12.7 Å². The highest BCUT2D eigenvalue weighted by molar-refractivity contribution is 9.10. The van der Waals surface area contributed by atoms with Gasteiger partial charge in [-0.1, -0.05) is 39.7 Å². The van der Waals surface area contributed by atoms with E-state index in [2.05, 4.69) is 15.9 Å². The lowest BCUT2D eigenvalue weighted by atomic mass is 9.97. The zero-order chi connectivity index (χ0) is 13.3. The van der Waals surface area contributed by atoms with E-state index >= 15 is 0 Å². The lowest BCUT2D eigenvalue weighted by molar-refractivity contribution is 0.219. The van der Waals surface area contributed by atoms with Crippen molar-refractivity contribution in [3.8, 4) is 0 Å². The Kier molecular flexibility index (Phi) is 4.05. The van der Waals surface area contributed by atoms with Gasteiger partial charge in [0.25, 0.3) is 0 Å². The second-order valence-corrected chi connectivity index (χ2v) is 5.28. The first-order valence-electron chi connectivity index (χ1n) is 5.38. The van der Waals surface area contributed by atoms with Crippen LogP contribution in [-0.2, 0) is 0 Å². The van der Waals surface area contributed by atoms with Gasteiger partial charge in [-0.05, 0) is 42.3 Å². The minimum Gasteiger partial charge on any atom is -0.384 e. The molecule has 0 radical (unpaired) electrons. The zero-order valence-corrected chi connectivity index (χ0v) is 12.0. The predicted octanol–water partition coefficient (Wildman–Crippen LogP) is 4.63. The topological polar surface area (TPSA) is 20.2 Å². The fourth-order valence-electron chi connectivity index (χ4n) is 1.81. The van der Waals surface area contributed by atoms with Crippen molar-refractivity contribution in [2.45, 2.75) is 13.0 Å². The van der Waals surface area contributed by atoms with Crippen molar-refractivity contribution < 1.29 is 9.50 Å². The summed E-state index contributed by atoms with van der Waals surface area (Å²) < 4.78 is 14.1. The van der Waals surface area contributed by atoms with Crippen molar-refractivity contribution in [2.24, 2.45) is 0 Å². The summed E-state index contributed by atoms with van der Waals surface area (Å²) in [6, 6.07) is 9.48. The summed E-state index contributed by atoms with van der Waals surface area (Å²) in [6.07, 6.45) is -0.939. The predicted molar refractivity (Wildman–Crippen MR) is 74.4 cm³/mol. The molecule has 0 aliphatic carbocycles. The van der Waals surface area contributed by atoms with Crippen LogP contribution in [0.25, 0.3) is 0 Å². The van der Waals surface area contributed by atoms with E-state index in [1.165, 1.54) is 18.2 Å². The number of benzene rings is 2. The van der Waals surface area contributed by atoms with Crippen molar-refractivity contribution in [1.82, 2.24) is 0 Å². The van der Waals surface area contributed by atoms with Gasteiger partial charge in [-0.2, -0.15) is 0 Å². The lowest BCUT2D eigenvalue weighted by Crippen LogP contribution is -2.03. The van der Waals surface area contributed by atoms with Gasteiger partial charge in [0.1, 0.15) is 11.9 Å². The van der Waals surface area contributed by atoms with Crippen molar-refractivity contribution in [2.75, 3.05) is 0 Å². The standard InChI is InChI=1S/C14H11BrClFO/c1-8-10(3-2-4-12(8)15)14(18)11-7-9(17)5-6-13(11)16/h2-7,14,18H,1H3. The van der Waals surface area contributed by atoms with Gasteiger partial charge < -0.3 is 5.11 Å². The van der Waals surface area contributed by atoms with Crippen LogP contribution < -0.4 is 0 Å². The van der Waals surface area contributed by atoms with Crippen LogP contribution in [0.2, 0.25) is 5.02 Å². The van der Waals surface area contributed by atoms with Crippen LogP contribution in [0.3, 0.4) is 0 Å². The van der Waals surface area contributed by atoms with Crippen LogP contribution in [0.5, 0.6) is 0 Å². The molecule has 1 unspecified atom stereocenters. The number of halogens is 3. The summed E-state index contributed by atoms with van der Waals surface area (Å²) >= 11 is 9.40. The van der Waals surface area contributed by atoms with Crippen molar-refractivity contribution in [3.05, 3.63) is 68.4 Å². The Morgan fingerprint density at radius 3 is 2.67 bits per heavy atom. The van der Waals surface area contributed by atoms with Gasteiger partial charge in [0.15, 0.2) is 0 Å². The van der Waals surface area contributed by atoms with E-state index in [1.54, 1.807) is 6.07 Å². The fraction of sp³-hybridized carbons (Fsp3) is 0.143. The zero-order valence-electron chi connectivity index (χ0n) is 9.62. The Bertz CT molecular complexity index is 584. The molecular formula is C14H11BrClFO. The highest BCUT2D eigenvalue weighted by Gasteiger charge is 2.17. The number of hydrogen-bond acceptors (Lipinski definition) is 1. The third-order valence-electron chi connectivity index (χ3n) is 2.86. The minimum atomic E-state index is -0.939. The molecule has 18 heavy (non-hydrogen) atoms. The first-order chi connectivity index (χ1) is 8.50. The largest absolute Gasteiger partial charge is 0.384 e. The molecule has 0 aliphatic heterocycles. The maximum atomic E-state index is 13.2. The summed E-state index contributed by atoms with van der Waals surface area (Å²) in [5, 5.41) is 10.7. The number of hydrogen-bond donors (Lipinski definition) is 1. The lowest BCUT2D eigenvalue weighted by Gasteiger charge is -2.16. The highest BCUT2D eigenvalue weighted by atomic mass is 79.9. The number of aliphatic hydroxyl groups is 1. The van der Waals surface area contributed by atoms with E-state index in [4.69, 9.17) is 11.6 Å². The SMILES string of the molecule is Cc1c(Br)cccc1C(O)c1cc(F)ccc1Cl. The first-order valence-corrected chi connectivity index (χ1v) is 6.56. The van der Waals surface area contributed by atoms with E-state index in [0.29, 0.717) is 16.1 Å². The van der Waals surface area contributed by atoms with Gasteiger partial charge in [-0.3, -0.25) is 0 Å². The maximum absolute atomic E-state index is 13.2. The molecule has 4 heteroatoms. The molecule has 0 spiro atoms. The third kappa shape index (κ3) is 2.58. The minimum absolute atomic E-state index is 0.350. The maximum Gasteiger partial charge on any atom is 0.123 e. The molecule has 0 fully saturated rings. The van der Waals surface area contributed by atoms with E-state index in [1.807, 2.05) is 19.1 Å². The number of rotatable bonds is 2. The average Bonchev–Trinajstić information content (AvgIpc) is 2.35. The van der Waals surface area contributed by atoms with E-state index in [-0.39, 0.29) is 0 Å². The Morgan fingerprint density at radius 1 is 1.22 bits per heavy atom. The Balaban J connectivity index is 2.51. The van der Waals surface area contributed by atoms with Crippen LogP contribution in [-0.4, -0.2) is 5.11 Å². The second kappa shape index (κ2) is 5.39. The van der Waals surface area contributed by atoms with E-state index < -0.39 is 11.9 Å². The van der Waals surface area contributed by atoms with E-state index in [0.717, 1.165) is 10.0 Å². The smallest absolute Gasteiger partial charge is 0.123 e. The molecule has 0 aromatic heterocycles. The van der Waals surface area contributed by atoms with Crippen LogP contribution in [0.15, 0.2) is 40.9 Å². The molecule has 2 rings (SSSR count). The molecule has 0 bridgehead atoms. The fourth-order valence-corrected chi connectivity index (χ4v) is 2.41. The quantitative estimate of drug-likeness (QED) is 0.851. The normalized spacial score (nSPS) is 12.5. The molecule has 94 valence electrons. The van der Waals surface area contributed by atoms with Crippen molar-refractivity contribution >= 4 is 27.5 Å². The number of aliphatic hydroxyl groups excluding tert-OH is 1. The highest BCUT2D eigenvalue weighted by Crippen LogP contribution is 2.32. The molecule has 1 atom stereocenters. The Labute approximate surface area is 118 Å². The van der Waals surface area contributed by atoms with Gasteiger partial charge in [-0.15, -0.1) is 0 Å². The first kappa shape index (κ1) is 13.5. The monoisotopic (exact) mass is 328 g/mol. The molecule has 0 saturated carbocycles. The van der Waals surface area contributed by atoms with Crippen LogP contribution in [0.1, 0.15) is 22.8 Å². The molecule has 1 N–H and O–H groups in total. The summed E-state index contributed by atoms with van der Waals surface area (Å²) in [4.78, 5) is 0. The van der Waals surface area contributed by atoms with Crippen LogP contribution >= 0.6 is 27.5 Å². The van der Waals surface area contributed by atoms with E-state index in [9.17, 15) is 9.50 Å². The molecule has 2 aromatic rings. The van der Waals surface area contributed by atoms with Gasteiger partial charge in [0.2, 0.25) is 0 Å². The molecule has 1 nitrogen and oxygen atoms in total. The van der Waals surface area contributed by atoms with Gasteiger partial charge in [-0.25, -0.2) is 4.39 Å². The summed E-state index contributed by atoms with van der Waals surface area (Å²) in [6.45, 7) is 1.88. The molecular weight excluding hydrogens is 319 g/mol.